The summed E-state index contributed by atoms with van der Waals surface area (Å²) in [5, 5.41) is 3.01. The van der Waals surface area contributed by atoms with E-state index in [4.69, 9.17) is 0 Å². The van der Waals surface area contributed by atoms with Crippen molar-refractivity contribution >= 4 is 24.8 Å². The lowest BCUT2D eigenvalue weighted by Crippen LogP contribution is -2.46. The van der Waals surface area contributed by atoms with E-state index in [9.17, 15) is 22.0 Å². The summed E-state index contributed by atoms with van der Waals surface area (Å²) < 4.78 is 66.6. The van der Waals surface area contributed by atoms with Gasteiger partial charge in [0, 0.05) is 37.8 Å². The maximum Gasteiger partial charge on any atom is 0.390 e. The molecule has 2 rings (SSSR count). The van der Waals surface area contributed by atoms with Crippen LogP contribution in [-0.4, -0.2) is 37.3 Å². The summed E-state index contributed by atoms with van der Waals surface area (Å²) in [6.07, 6.45) is -5.75. The van der Waals surface area contributed by atoms with E-state index < -0.39 is 35.8 Å². The van der Waals surface area contributed by atoms with Gasteiger partial charge in [0.15, 0.2) is 0 Å². The Hall–Kier alpha value is -0.630. The molecule has 1 heterocycles. The quantitative estimate of drug-likeness (QED) is 0.796. The molecule has 1 fully saturated rings. The van der Waals surface area contributed by atoms with E-state index >= 15 is 0 Å². The van der Waals surface area contributed by atoms with Gasteiger partial charge >= 0.3 is 6.18 Å². The molecule has 0 amide bonds. The average Bonchev–Trinajstić information content (AvgIpc) is 2.42. The van der Waals surface area contributed by atoms with E-state index in [1.54, 1.807) is 0 Å². The minimum absolute atomic E-state index is 0. The SMILES string of the molecule is Cc1ccc(F)c([C@H](CC(F)(F)F)N2CCNCC2)c1F.Cl.Cl. The zero-order chi connectivity index (χ0) is 15.6. The number of nitrogens with one attached hydrogen (secondary N) is 1. The minimum atomic E-state index is -4.49. The van der Waals surface area contributed by atoms with Gasteiger partial charge in [-0.1, -0.05) is 6.07 Å². The fraction of sp³-hybridized carbons (Fsp3) is 0.571. The van der Waals surface area contributed by atoms with Gasteiger partial charge in [-0.3, -0.25) is 4.90 Å². The second-order valence-electron chi connectivity index (χ2n) is 5.21. The van der Waals surface area contributed by atoms with Crippen molar-refractivity contribution in [2.24, 2.45) is 0 Å². The van der Waals surface area contributed by atoms with Crippen LogP contribution < -0.4 is 5.32 Å². The Morgan fingerprint density at radius 2 is 1.70 bits per heavy atom. The van der Waals surface area contributed by atoms with Gasteiger partial charge in [-0.25, -0.2) is 8.78 Å². The zero-order valence-corrected chi connectivity index (χ0v) is 14.1. The molecule has 23 heavy (non-hydrogen) atoms. The van der Waals surface area contributed by atoms with E-state index in [0.29, 0.717) is 26.2 Å². The van der Waals surface area contributed by atoms with Crippen molar-refractivity contribution in [2.75, 3.05) is 26.2 Å². The van der Waals surface area contributed by atoms with E-state index in [1.165, 1.54) is 17.9 Å². The fourth-order valence-corrected chi connectivity index (χ4v) is 2.61. The molecular formula is C14H19Cl2F5N2. The highest BCUT2D eigenvalue weighted by atomic mass is 35.5. The summed E-state index contributed by atoms with van der Waals surface area (Å²) in [5.41, 5.74) is -0.331. The maximum atomic E-state index is 14.2. The lowest BCUT2D eigenvalue weighted by molar-refractivity contribution is -0.149. The van der Waals surface area contributed by atoms with E-state index in [0.717, 1.165) is 6.07 Å². The molecule has 0 aromatic heterocycles. The third kappa shape index (κ3) is 5.74. The van der Waals surface area contributed by atoms with Crippen LogP contribution in [0, 0.1) is 18.6 Å². The number of piperazine rings is 1. The smallest absolute Gasteiger partial charge is 0.314 e. The van der Waals surface area contributed by atoms with Gasteiger partial charge in [-0.2, -0.15) is 13.2 Å². The summed E-state index contributed by atoms with van der Waals surface area (Å²) in [6.45, 7) is 3.08. The first-order valence-corrected chi connectivity index (χ1v) is 6.75. The number of hydrogen-bond acceptors (Lipinski definition) is 2. The molecule has 0 aliphatic carbocycles. The first-order valence-electron chi connectivity index (χ1n) is 6.75. The molecule has 1 aromatic carbocycles. The number of rotatable bonds is 3. The van der Waals surface area contributed by atoms with Crippen LogP contribution in [0.25, 0.3) is 0 Å². The van der Waals surface area contributed by atoms with Gasteiger partial charge < -0.3 is 5.32 Å². The zero-order valence-electron chi connectivity index (χ0n) is 12.4. The monoisotopic (exact) mass is 380 g/mol. The van der Waals surface area contributed by atoms with Crippen molar-refractivity contribution in [3.8, 4) is 0 Å². The Labute approximate surface area is 144 Å². The second kappa shape index (κ2) is 9.01. The molecule has 2 nitrogen and oxygen atoms in total. The Balaban J connectivity index is 0.00000242. The van der Waals surface area contributed by atoms with Crippen molar-refractivity contribution < 1.29 is 22.0 Å². The molecule has 1 aliphatic heterocycles. The van der Waals surface area contributed by atoms with Gasteiger partial charge in [0.05, 0.1) is 6.42 Å². The minimum Gasteiger partial charge on any atom is -0.314 e. The normalized spacial score (nSPS) is 17.1. The fourth-order valence-electron chi connectivity index (χ4n) is 2.61. The first kappa shape index (κ1) is 22.4. The molecule has 0 spiro atoms. The van der Waals surface area contributed by atoms with Gasteiger partial charge in [-0.05, 0) is 18.6 Å². The van der Waals surface area contributed by atoms with Crippen molar-refractivity contribution in [3.05, 3.63) is 34.9 Å². The van der Waals surface area contributed by atoms with Crippen molar-refractivity contribution in [1.29, 1.82) is 0 Å². The molecular weight excluding hydrogens is 362 g/mol. The molecule has 1 N–H and O–H groups in total. The molecule has 1 aliphatic rings. The van der Waals surface area contributed by atoms with Crippen LogP contribution in [0.2, 0.25) is 0 Å². The van der Waals surface area contributed by atoms with E-state index in [2.05, 4.69) is 5.32 Å². The number of hydrogen-bond donors (Lipinski definition) is 1. The standard InChI is InChI=1S/C14H17F5N2.2ClH/c1-9-2-3-10(15)12(13(9)16)11(8-14(17,18)19)21-6-4-20-5-7-21;;/h2-3,11,20H,4-8H2,1H3;2*1H/t11-;;/m0../s1. The molecule has 0 bridgehead atoms. The Morgan fingerprint density at radius 3 is 2.22 bits per heavy atom. The predicted octanol–water partition coefficient (Wildman–Crippen LogP) is 4.02. The molecule has 1 aromatic rings. The van der Waals surface area contributed by atoms with Gasteiger partial charge in [0.1, 0.15) is 11.6 Å². The summed E-state index contributed by atoms with van der Waals surface area (Å²) in [5.74, 6) is -1.81. The number of alkyl halides is 3. The van der Waals surface area contributed by atoms with Crippen LogP contribution in [0.3, 0.4) is 0 Å². The molecule has 134 valence electrons. The van der Waals surface area contributed by atoms with Gasteiger partial charge in [-0.15, -0.1) is 24.8 Å². The first-order chi connectivity index (χ1) is 9.79. The topological polar surface area (TPSA) is 15.3 Å². The van der Waals surface area contributed by atoms with Crippen LogP contribution in [0.15, 0.2) is 12.1 Å². The third-order valence-corrected chi connectivity index (χ3v) is 3.67. The Bertz CT molecular complexity index is 505. The number of halogens is 7. The van der Waals surface area contributed by atoms with Gasteiger partial charge in [0.2, 0.25) is 0 Å². The Kier molecular flexibility index (Phi) is 8.76. The molecule has 9 heteroatoms. The molecule has 0 saturated carbocycles. The summed E-state index contributed by atoms with van der Waals surface area (Å²) in [7, 11) is 0. The predicted molar refractivity (Wildman–Crippen MR) is 83.4 cm³/mol. The van der Waals surface area contributed by atoms with E-state index in [-0.39, 0.29) is 30.4 Å². The third-order valence-electron chi connectivity index (χ3n) is 3.67. The Morgan fingerprint density at radius 1 is 1.13 bits per heavy atom. The highest BCUT2D eigenvalue weighted by molar-refractivity contribution is 5.85. The summed E-state index contributed by atoms with van der Waals surface area (Å²) >= 11 is 0. The van der Waals surface area contributed by atoms with E-state index in [1.807, 2.05) is 0 Å². The molecule has 0 unspecified atom stereocenters. The van der Waals surface area contributed by atoms with Crippen LogP contribution >= 0.6 is 24.8 Å². The largest absolute Gasteiger partial charge is 0.390 e. The van der Waals surface area contributed by atoms with Crippen LogP contribution in [0.5, 0.6) is 0 Å². The van der Waals surface area contributed by atoms with Crippen LogP contribution in [0.4, 0.5) is 22.0 Å². The molecule has 0 radical (unpaired) electrons. The van der Waals surface area contributed by atoms with Crippen LogP contribution in [0.1, 0.15) is 23.6 Å². The molecule has 1 saturated heterocycles. The number of nitrogens with zero attached hydrogens (tertiary/aromatic N) is 1. The average molecular weight is 381 g/mol. The lowest BCUT2D eigenvalue weighted by Gasteiger charge is -2.36. The molecule has 1 atom stereocenters. The highest BCUT2D eigenvalue weighted by Gasteiger charge is 2.38. The van der Waals surface area contributed by atoms with Crippen molar-refractivity contribution in [1.82, 2.24) is 10.2 Å². The van der Waals surface area contributed by atoms with Crippen LogP contribution in [-0.2, 0) is 0 Å². The summed E-state index contributed by atoms with van der Waals surface area (Å²) in [4.78, 5) is 1.49. The summed E-state index contributed by atoms with van der Waals surface area (Å²) in [6, 6.07) is 0.933. The maximum absolute atomic E-state index is 14.2. The lowest BCUT2D eigenvalue weighted by atomic mass is 9.97. The number of benzene rings is 1. The van der Waals surface area contributed by atoms with Crippen molar-refractivity contribution in [3.63, 3.8) is 0 Å². The van der Waals surface area contributed by atoms with Crippen molar-refractivity contribution in [2.45, 2.75) is 25.6 Å². The highest BCUT2D eigenvalue weighted by Crippen LogP contribution is 2.37. The number of aryl methyl sites for hydroxylation is 1. The van der Waals surface area contributed by atoms with Gasteiger partial charge in [0.25, 0.3) is 0 Å². The second-order valence-corrected chi connectivity index (χ2v) is 5.21.